The number of hydrogen-bond acceptors (Lipinski definition) is 2. The molecule has 0 bridgehead atoms. The summed E-state index contributed by atoms with van der Waals surface area (Å²) in [6.07, 6.45) is 0.728. The molecule has 172 valence electrons. The number of carbonyl (C=O) groups is 2. The first-order valence-electron chi connectivity index (χ1n) is 11.6. The predicted molar refractivity (Wildman–Crippen MR) is 134 cm³/mol. The van der Waals surface area contributed by atoms with Crippen molar-refractivity contribution in [3.63, 3.8) is 0 Å². The molecule has 1 unspecified atom stereocenters. The van der Waals surface area contributed by atoms with Crippen molar-refractivity contribution < 1.29 is 9.59 Å². The third-order valence-corrected chi connectivity index (χ3v) is 5.74. The number of benzene rings is 3. The van der Waals surface area contributed by atoms with Gasteiger partial charge in [0.1, 0.15) is 6.04 Å². The monoisotopic (exact) mass is 442 g/mol. The zero-order valence-electron chi connectivity index (χ0n) is 20.0. The predicted octanol–water partition coefficient (Wildman–Crippen LogP) is 5.01. The van der Waals surface area contributed by atoms with E-state index in [4.69, 9.17) is 0 Å². The van der Waals surface area contributed by atoms with Crippen LogP contribution in [0.15, 0.2) is 78.9 Å². The molecule has 3 rings (SSSR count). The van der Waals surface area contributed by atoms with Crippen LogP contribution in [0.2, 0.25) is 0 Å². The molecule has 0 aliphatic carbocycles. The van der Waals surface area contributed by atoms with Gasteiger partial charge >= 0.3 is 0 Å². The number of nitrogens with one attached hydrogen (secondary N) is 1. The molecule has 0 aliphatic heterocycles. The molecule has 0 fully saturated rings. The van der Waals surface area contributed by atoms with Gasteiger partial charge in [-0.25, -0.2) is 0 Å². The number of aryl methyl sites for hydroxylation is 2. The fourth-order valence-corrected chi connectivity index (χ4v) is 3.97. The third kappa shape index (κ3) is 7.04. The topological polar surface area (TPSA) is 49.4 Å². The first-order valence-corrected chi connectivity index (χ1v) is 11.6. The van der Waals surface area contributed by atoms with Crippen molar-refractivity contribution in [1.82, 2.24) is 10.2 Å². The first-order chi connectivity index (χ1) is 15.8. The van der Waals surface area contributed by atoms with Crippen LogP contribution in [0.4, 0.5) is 0 Å². The van der Waals surface area contributed by atoms with E-state index in [9.17, 15) is 9.59 Å². The summed E-state index contributed by atoms with van der Waals surface area (Å²) in [5, 5.41) is 3.04. The molecule has 4 heteroatoms. The summed E-state index contributed by atoms with van der Waals surface area (Å²) in [6.45, 7) is 8.32. The number of amides is 2. The van der Waals surface area contributed by atoms with E-state index in [0.29, 0.717) is 13.0 Å². The van der Waals surface area contributed by atoms with Crippen LogP contribution in [0.5, 0.6) is 0 Å². The Morgan fingerprint density at radius 3 is 2.06 bits per heavy atom. The molecule has 2 amide bonds. The van der Waals surface area contributed by atoms with Crippen LogP contribution in [0.25, 0.3) is 0 Å². The molecule has 0 aromatic heterocycles. The van der Waals surface area contributed by atoms with E-state index in [0.717, 1.165) is 27.8 Å². The highest BCUT2D eigenvalue weighted by Gasteiger charge is 2.30. The maximum Gasteiger partial charge on any atom is 0.243 e. The molecule has 33 heavy (non-hydrogen) atoms. The van der Waals surface area contributed by atoms with Crippen molar-refractivity contribution in [2.24, 2.45) is 0 Å². The van der Waals surface area contributed by atoms with Gasteiger partial charge in [-0.3, -0.25) is 9.59 Å². The van der Waals surface area contributed by atoms with Gasteiger partial charge in [0, 0.05) is 19.0 Å². The quantitative estimate of drug-likeness (QED) is 0.506. The molecular formula is C29H34N2O2. The summed E-state index contributed by atoms with van der Waals surface area (Å²) in [7, 11) is 0. The lowest BCUT2D eigenvalue weighted by Gasteiger charge is -2.32. The highest BCUT2D eigenvalue weighted by atomic mass is 16.2. The van der Waals surface area contributed by atoms with Gasteiger partial charge in [-0.05, 0) is 49.9 Å². The summed E-state index contributed by atoms with van der Waals surface area (Å²) in [5.41, 5.74) is 5.23. The van der Waals surface area contributed by atoms with Gasteiger partial charge in [-0.2, -0.15) is 0 Å². The van der Waals surface area contributed by atoms with Crippen LogP contribution in [-0.2, 0) is 29.0 Å². The summed E-state index contributed by atoms with van der Waals surface area (Å²) in [6, 6.07) is 25.3. The summed E-state index contributed by atoms with van der Waals surface area (Å²) in [5.74, 6) is -0.175. The Bertz CT molecular complexity index is 1060. The number of hydrogen-bond donors (Lipinski definition) is 1. The average Bonchev–Trinajstić information content (AvgIpc) is 2.79. The molecular weight excluding hydrogens is 408 g/mol. The molecule has 3 aromatic carbocycles. The molecule has 1 N–H and O–H groups in total. The van der Waals surface area contributed by atoms with Crippen molar-refractivity contribution in [3.05, 3.63) is 107 Å². The van der Waals surface area contributed by atoms with Gasteiger partial charge in [-0.1, -0.05) is 84.4 Å². The van der Waals surface area contributed by atoms with Crippen molar-refractivity contribution in [2.75, 3.05) is 0 Å². The number of carbonyl (C=O) groups excluding carboxylic acids is 2. The highest BCUT2D eigenvalue weighted by molar-refractivity contribution is 5.89. The standard InChI is InChI=1S/C29H34N2O2/c1-21(2)30-29(33)27(18-24-11-7-5-8-12-24)31(20-25-13-9-6-10-14-25)28(32)19-26-17-22(3)15-16-23(26)4/h5-17,21,27H,18-20H2,1-4H3,(H,30,33). The fourth-order valence-electron chi connectivity index (χ4n) is 3.97. The van der Waals surface area contributed by atoms with E-state index in [1.807, 2.05) is 94.4 Å². The lowest BCUT2D eigenvalue weighted by molar-refractivity contribution is -0.141. The molecule has 3 aromatic rings. The van der Waals surface area contributed by atoms with E-state index < -0.39 is 6.04 Å². The summed E-state index contributed by atoms with van der Waals surface area (Å²) in [4.78, 5) is 28.9. The maximum absolute atomic E-state index is 13.7. The minimum Gasteiger partial charge on any atom is -0.352 e. The van der Waals surface area contributed by atoms with E-state index in [1.54, 1.807) is 4.90 Å². The van der Waals surface area contributed by atoms with E-state index in [2.05, 4.69) is 17.4 Å². The van der Waals surface area contributed by atoms with Gasteiger partial charge < -0.3 is 10.2 Å². The van der Waals surface area contributed by atoms with Crippen LogP contribution in [0.1, 0.15) is 41.7 Å². The highest BCUT2D eigenvalue weighted by Crippen LogP contribution is 2.18. The molecule has 0 saturated carbocycles. The molecule has 0 aliphatic rings. The van der Waals surface area contributed by atoms with Crippen LogP contribution >= 0.6 is 0 Å². The second kappa shape index (κ2) is 11.5. The molecule has 0 heterocycles. The van der Waals surface area contributed by atoms with Gasteiger partial charge in [0.25, 0.3) is 0 Å². The normalized spacial score (nSPS) is 11.8. The Balaban J connectivity index is 1.97. The van der Waals surface area contributed by atoms with Crippen LogP contribution in [0.3, 0.4) is 0 Å². The zero-order valence-corrected chi connectivity index (χ0v) is 20.0. The van der Waals surface area contributed by atoms with Gasteiger partial charge in [0.2, 0.25) is 11.8 Å². The van der Waals surface area contributed by atoms with Crippen LogP contribution < -0.4 is 5.32 Å². The Labute approximate surface area is 197 Å². The van der Waals surface area contributed by atoms with Crippen LogP contribution in [0, 0.1) is 13.8 Å². The van der Waals surface area contributed by atoms with E-state index in [-0.39, 0.29) is 24.3 Å². The smallest absolute Gasteiger partial charge is 0.243 e. The molecule has 1 atom stereocenters. The van der Waals surface area contributed by atoms with Crippen molar-refractivity contribution in [2.45, 2.75) is 59.2 Å². The van der Waals surface area contributed by atoms with Crippen molar-refractivity contribution in [3.8, 4) is 0 Å². The van der Waals surface area contributed by atoms with Crippen molar-refractivity contribution >= 4 is 11.8 Å². The van der Waals surface area contributed by atoms with Crippen LogP contribution in [-0.4, -0.2) is 28.8 Å². The second-order valence-electron chi connectivity index (χ2n) is 8.98. The zero-order chi connectivity index (χ0) is 23.8. The largest absolute Gasteiger partial charge is 0.352 e. The third-order valence-electron chi connectivity index (χ3n) is 5.74. The summed E-state index contributed by atoms with van der Waals surface area (Å²) < 4.78 is 0. The SMILES string of the molecule is Cc1ccc(C)c(CC(=O)N(Cc2ccccc2)C(Cc2ccccc2)C(=O)NC(C)C)c1. The lowest BCUT2D eigenvalue weighted by Crippen LogP contribution is -2.52. The van der Waals surface area contributed by atoms with Gasteiger partial charge in [0.15, 0.2) is 0 Å². The second-order valence-corrected chi connectivity index (χ2v) is 8.98. The first kappa shape index (κ1) is 24.2. The number of rotatable bonds is 9. The molecule has 4 nitrogen and oxygen atoms in total. The van der Waals surface area contributed by atoms with Gasteiger partial charge in [-0.15, -0.1) is 0 Å². The van der Waals surface area contributed by atoms with Crippen molar-refractivity contribution in [1.29, 1.82) is 0 Å². The number of nitrogens with zero attached hydrogens (tertiary/aromatic N) is 1. The fraction of sp³-hybridized carbons (Fsp3) is 0.310. The minimum absolute atomic E-state index is 0.0107. The Kier molecular flexibility index (Phi) is 8.42. The van der Waals surface area contributed by atoms with E-state index >= 15 is 0 Å². The van der Waals surface area contributed by atoms with E-state index in [1.165, 1.54) is 0 Å². The van der Waals surface area contributed by atoms with Gasteiger partial charge in [0.05, 0.1) is 6.42 Å². The Morgan fingerprint density at radius 1 is 0.848 bits per heavy atom. The lowest BCUT2D eigenvalue weighted by atomic mass is 9.99. The molecule has 0 saturated heterocycles. The average molecular weight is 443 g/mol. The molecule has 0 spiro atoms. The maximum atomic E-state index is 13.7. The Morgan fingerprint density at radius 2 is 1.45 bits per heavy atom. The summed E-state index contributed by atoms with van der Waals surface area (Å²) >= 11 is 0. The minimum atomic E-state index is -0.604. The Hall–Kier alpha value is -3.40. The molecule has 0 radical (unpaired) electrons.